The van der Waals surface area contributed by atoms with Crippen molar-refractivity contribution >= 4 is 65.5 Å². The molecule has 5 nitrogen and oxygen atoms in total. The van der Waals surface area contributed by atoms with E-state index in [0.29, 0.717) is 21.6 Å². The van der Waals surface area contributed by atoms with E-state index in [1.54, 1.807) is 0 Å². The minimum Gasteiger partial charge on any atom is -0.397 e. The summed E-state index contributed by atoms with van der Waals surface area (Å²) in [5.74, 6) is 0.0562. The second-order valence-corrected chi connectivity index (χ2v) is 9.36. The van der Waals surface area contributed by atoms with Gasteiger partial charge in [0.1, 0.15) is 9.71 Å². The van der Waals surface area contributed by atoms with E-state index in [9.17, 15) is 4.79 Å². The predicted molar refractivity (Wildman–Crippen MR) is 121 cm³/mol. The van der Waals surface area contributed by atoms with Crippen LogP contribution in [0.5, 0.6) is 0 Å². The van der Waals surface area contributed by atoms with Crippen LogP contribution in [0.25, 0.3) is 21.5 Å². The quantitative estimate of drug-likeness (QED) is 0.373. The number of halogens is 1. The molecule has 3 heterocycles. The van der Waals surface area contributed by atoms with E-state index in [2.05, 4.69) is 45.1 Å². The molecular formula is C20H17BrN4OS2. The van der Waals surface area contributed by atoms with E-state index in [-0.39, 0.29) is 5.91 Å². The fourth-order valence-corrected chi connectivity index (χ4v) is 4.72. The van der Waals surface area contributed by atoms with Gasteiger partial charge in [-0.15, -0.1) is 22.7 Å². The number of hydrogen-bond donors (Lipinski definition) is 2. The minimum absolute atomic E-state index is 0.261. The zero-order valence-corrected chi connectivity index (χ0v) is 18.4. The monoisotopic (exact) mass is 472 g/mol. The summed E-state index contributed by atoms with van der Waals surface area (Å²) in [6.07, 6.45) is 0. The Balaban J connectivity index is 1.58. The van der Waals surface area contributed by atoms with Gasteiger partial charge in [-0.1, -0.05) is 41.9 Å². The second kappa shape index (κ2) is 7.62. The first-order chi connectivity index (χ1) is 13.4. The Hall–Kier alpha value is -2.29. The Bertz CT molecular complexity index is 1160. The average Bonchev–Trinajstić information content (AvgIpc) is 3.27. The van der Waals surface area contributed by atoms with Crippen molar-refractivity contribution in [2.75, 3.05) is 11.1 Å². The molecule has 0 saturated carbocycles. The van der Waals surface area contributed by atoms with Crippen molar-refractivity contribution in [2.24, 2.45) is 0 Å². The Kier molecular flexibility index (Phi) is 5.18. The minimum atomic E-state index is -0.261. The molecule has 0 unspecified atom stereocenters. The summed E-state index contributed by atoms with van der Waals surface area (Å²) in [4.78, 5) is 23.2. The number of nitrogens with two attached hydrogens (primary N) is 1. The molecule has 142 valence electrons. The number of aromatic nitrogens is 2. The molecule has 4 aromatic rings. The van der Waals surface area contributed by atoms with Gasteiger partial charge in [0.2, 0.25) is 0 Å². The third kappa shape index (κ3) is 3.67. The Morgan fingerprint density at radius 3 is 2.61 bits per heavy atom. The number of hydrogen-bond acceptors (Lipinski definition) is 6. The SMILES string of the molecule is CC(C)c1ccc2c(N)c(C(=O)Nc3nc(-c4ccc(Br)cc4)cs3)sc2n1. The number of carbonyl (C=O) groups is 1. The maximum absolute atomic E-state index is 12.8. The Morgan fingerprint density at radius 1 is 1.14 bits per heavy atom. The van der Waals surface area contributed by atoms with Gasteiger partial charge in [-0.2, -0.15) is 0 Å². The summed E-state index contributed by atoms with van der Waals surface area (Å²) in [5, 5.41) is 6.13. The van der Waals surface area contributed by atoms with E-state index < -0.39 is 0 Å². The van der Waals surface area contributed by atoms with Crippen molar-refractivity contribution in [3.8, 4) is 11.3 Å². The normalized spacial score (nSPS) is 11.3. The van der Waals surface area contributed by atoms with E-state index in [1.165, 1.54) is 22.7 Å². The summed E-state index contributed by atoms with van der Waals surface area (Å²) in [5.41, 5.74) is 9.48. The van der Waals surface area contributed by atoms with Gasteiger partial charge in [0.25, 0.3) is 5.91 Å². The lowest BCUT2D eigenvalue weighted by Crippen LogP contribution is -2.11. The second-order valence-electron chi connectivity index (χ2n) is 6.59. The van der Waals surface area contributed by atoms with Crippen molar-refractivity contribution in [3.63, 3.8) is 0 Å². The van der Waals surface area contributed by atoms with Gasteiger partial charge in [-0.25, -0.2) is 9.97 Å². The highest BCUT2D eigenvalue weighted by atomic mass is 79.9. The summed E-state index contributed by atoms with van der Waals surface area (Å²) >= 11 is 6.12. The molecule has 1 aromatic carbocycles. The van der Waals surface area contributed by atoms with Gasteiger partial charge < -0.3 is 5.73 Å². The molecule has 3 N–H and O–H groups in total. The van der Waals surface area contributed by atoms with E-state index >= 15 is 0 Å². The third-order valence-electron chi connectivity index (χ3n) is 4.28. The molecule has 3 aromatic heterocycles. The van der Waals surface area contributed by atoms with Gasteiger partial charge >= 0.3 is 0 Å². The number of fused-ring (bicyclic) bond motifs is 1. The molecule has 0 atom stereocenters. The van der Waals surface area contributed by atoms with Crippen LogP contribution in [0.4, 0.5) is 10.8 Å². The number of pyridine rings is 1. The van der Waals surface area contributed by atoms with Crippen LogP contribution in [0, 0.1) is 0 Å². The summed E-state index contributed by atoms with van der Waals surface area (Å²) in [7, 11) is 0. The molecule has 0 bridgehead atoms. The molecule has 0 radical (unpaired) electrons. The van der Waals surface area contributed by atoms with Crippen LogP contribution in [0.2, 0.25) is 0 Å². The maximum atomic E-state index is 12.8. The maximum Gasteiger partial charge on any atom is 0.269 e. The highest BCUT2D eigenvalue weighted by Gasteiger charge is 2.19. The van der Waals surface area contributed by atoms with Crippen LogP contribution in [-0.4, -0.2) is 15.9 Å². The number of thiophene rings is 1. The highest BCUT2D eigenvalue weighted by molar-refractivity contribution is 9.10. The number of carbonyl (C=O) groups excluding carboxylic acids is 1. The molecule has 0 spiro atoms. The number of amides is 1. The summed E-state index contributed by atoms with van der Waals surface area (Å²) in [6.45, 7) is 4.18. The van der Waals surface area contributed by atoms with Crippen molar-refractivity contribution in [2.45, 2.75) is 19.8 Å². The standard InChI is InChI=1S/C20H17BrN4OS2/c1-10(2)14-8-7-13-16(22)17(28-19(13)23-14)18(26)25-20-24-15(9-27-20)11-3-5-12(21)6-4-11/h3-10H,22H2,1-2H3,(H,24,25,26). The molecule has 4 rings (SSSR count). The lowest BCUT2D eigenvalue weighted by atomic mass is 10.1. The van der Waals surface area contributed by atoms with Gasteiger partial charge in [-0.3, -0.25) is 10.1 Å². The number of nitrogens with one attached hydrogen (secondary N) is 1. The fourth-order valence-electron chi connectivity index (χ4n) is 2.74. The van der Waals surface area contributed by atoms with Crippen LogP contribution in [0.3, 0.4) is 0 Å². The molecule has 0 aliphatic rings. The highest BCUT2D eigenvalue weighted by Crippen LogP contribution is 2.34. The van der Waals surface area contributed by atoms with Crippen molar-refractivity contribution in [1.29, 1.82) is 0 Å². The first kappa shape index (κ1) is 19.0. The van der Waals surface area contributed by atoms with Crippen LogP contribution in [-0.2, 0) is 0 Å². The van der Waals surface area contributed by atoms with Gasteiger partial charge in [-0.05, 0) is 30.2 Å². The summed E-state index contributed by atoms with van der Waals surface area (Å²) in [6, 6.07) is 11.8. The Morgan fingerprint density at radius 2 is 1.89 bits per heavy atom. The van der Waals surface area contributed by atoms with Gasteiger partial charge in [0.15, 0.2) is 5.13 Å². The molecule has 28 heavy (non-hydrogen) atoms. The number of benzene rings is 1. The molecule has 8 heteroatoms. The van der Waals surface area contributed by atoms with Crippen molar-refractivity contribution < 1.29 is 4.79 Å². The number of nitrogens with zero attached hydrogens (tertiary/aromatic N) is 2. The first-order valence-corrected chi connectivity index (χ1v) is 11.1. The fraction of sp³-hybridized carbons (Fsp3) is 0.150. The number of thiazole rings is 1. The topological polar surface area (TPSA) is 80.9 Å². The van der Waals surface area contributed by atoms with Gasteiger partial charge in [0, 0.05) is 26.5 Å². The van der Waals surface area contributed by atoms with Crippen molar-refractivity contribution in [3.05, 3.63) is 56.8 Å². The number of rotatable bonds is 4. The number of anilines is 2. The third-order valence-corrected chi connectivity index (χ3v) is 6.68. The van der Waals surface area contributed by atoms with E-state index in [1.807, 2.05) is 41.8 Å². The molecule has 0 fully saturated rings. The number of nitrogen functional groups attached to an aromatic ring is 1. The van der Waals surface area contributed by atoms with Crippen LogP contribution >= 0.6 is 38.6 Å². The van der Waals surface area contributed by atoms with Crippen molar-refractivity contribution in [1.82, 2.24) is 9.97 Å². The largest absolute Gasteiger partial charge is 0.397 e. The zero-order valence-electron chi connectivity index (χ0n) is 15.2. The van der Waals surface area contributed by atoms with Crippen LogP contribution < -0.4 is 11.1 Å². The molecule has 0 saturated heterocycles. The lowest BCUT2D eigenvalue weighted by molar-refractivity contribution is 0.103. The average molecular weight is 473 g/mol. The smallest absolute Gasteiger partial charge is 0.269 e. The molecule has 0 aliphatic carbocycles. The zero-order chi connectivity index (χ0) is 19.8. The predicted octanol–water partition coefficient (Wildman–Crippen LogP) is 6.14. The van der Waals surface area contributed by atoms with Gasteiger partial charge in [0.05, 0.1) is 11.4 Å². The van der Waals surface area contributed by atoms with E-state index in [0.717, 1.165) is 31.6 Å². The Labute approximate surface area is 178 Å². The lowest BCUT2D eigenvalue weighted by Gasteiger charge is -2.03. The van der Waals surface area contributed by atoms with Crippen LogP contribution in [0.1, 0.15) is 35.1 Å². The van der Waals surface area contributed by atoms with E-state index in [4.69, 9.17) is 5.73 Å². The molecule has 1 amide bonds. The first-order valence-electron chi connectivity index (χ1n) is 8.64. The summed E-state index contributed by atoms with van der Waals surface area (Å²) < 4.78 is 1.01. The van der Waals surface area contributed by atoms with Crippen LogP contribution in [0.15, 0.2) is 46.3 Å². The molecular weight excluding hydrogens is 456 g/mol. The molecule has 0 aliphatic heterocycles.